The second-order valence-corrected chi connectivity index (χ2v) is 9.96. The van der Waals surface area contributed by atoms with Gasteiger partial charge in [-0.1, -0.05) is 68.1 Å². The smallest absolute Gasteiger partial charge is 0.233 e. The molecule has 6 nitrogen and oxygen atoms in total. The number of nitrogens with zero attached hydrogens (tertiary/aromatic N) is 4. The average Bonchev–Trinajstić information content (AvgIpc) is 3.29. The van der Waals surface area contributed by atoms with Crippen LogP contribution in [0.5, 0.6) is 5.75 Å². The van der Waals surface area contributed by atoms with E-state index in [1.54, 1.807) is 0 Å². The number of aromatic nitrogens is 3. The van der Waals surface area contributed by atoms with Crippen LogP contribution in [-0.4, -0.2) is 44.4 Å². The summed E-state index contributed by atoms with van der Waals surface area (Å²) in [5, 5.41) is 9.66. The van der Waals surface area contributed by atoms with E-state index < -0.39 is 0 Å². The molecule has 34 heavy (non-hydrogen) atoms. The zero-order valence-corrected chi connectivity index (χ0v) is 21.1. The topological polar surface area (TPSA) is 60.3 Å². The minimum Gasteiger partial charge on any atom is -0.486 e. The number of hydrogen-bond acceptors (Lipinski definition) is 5. The monoisotopic (exact) mass is 478 g/mol. The van der Waals surface area contributed by atoms with E-state index in [0.717, 1.165) is 48.2 Å². The predicted molar refractivity (Wildman–Crippen MR) is 136 cm³/mol. The summed E-state index contributed by atoms with van der Waals surface area (Å²) in [6, 6.07) is 18.5. The highest BCUT2D eigenvalue weighted by Gasteiger charge is 2.24. The number of thioether (sulfide) groups is 1. The first kappa shape index (κ1) is 24.3. The zero-order valence-electron chi connectivity index (χ0n) is 20.3. The summed E-state index contributed by atoms with van der Waals surface area (Å²) in [5.74, 6) is 2.66. The maximum absolute atomic E-state index is 12.9. The van der Waals surface area contributed by atoms with Crippen LogP contribution in [0.1, 0.15) is 56.6 Å². The van der Waals surface area contributed by atoms with Crippen molar-refractivity contribution in [2.24, 2.45) is 5.92 Å². The van der Waals surface area contributed by atoms with Crippen molar-refractivity contribution in [1.82, 2.24) is 19.7 Å². The van der Waals surface area contributed by atoms with Crippen LogP contribution in [0.2, 0.25) is 0 Å². The number of amides is 1. The van der Waals surface area contributed by atoms with Crippen LogP contribution >= 0.6 is 11.8 Å². The normalized spacial score (nSPS) is 16.9. The quantitative estimate of drug-likeness (QED) is 0.387. The lowest BCUT2D eigenvalue weighted by Crippen LogP contribution is -2.40. The van der Waals surface area contributed by atoms with E-state index in [1.165, 1.54) is 23.7 Å². The number of carbonyl (C=O) groups is 1. The van der Waals surface area contributed by atoms with Crippen LogP contribution in [0.25, 0.3) is 0 Å². The fourth-order valence-corrected chi connectivity index (χ4v) is 5.31. The number of likely N-dealkylation sites (tertiary alicyclic amines) is 1. The van der Waals surface area contributed by atoms with Crippen molar-refractivity contribution in [2.45, 2.75) is 57.8 Å². The molecule has 0 radical (unpaired) electrons. The van der Waals surface area contributed by atoms with Gasteiger partial charge in [0.15, 0.2) is 11.0 Å². The lowest BCUT2D eigenvalue weighted by atomic mass is 10.0. The van der Waals surface area contributed by atoms with Gasteiger partial charge in [0.25, 0.3) is 0 Å². The second-order valence-electron chi connectivity index (χ2n) is 9.02. The third kappa shape index (κ3) is 6.00. The van der Waals surface area contributed by atoms with Crippen LogP contribution in [0.15, 0.2) is 59.8 Å². The number of rotatable bonds is 9. The molecular weight excluding hydrogens is 444 g/mol. The van der Waals surface area contributed by atoms with Crippen LogP contribution < -0.4 is 4.74 Å². The molecule has 7 heteroatoms. The Hall–Kier alpha value is -2.80. The molecule has 2 aromatic carbocycles. The van der Waals surface area contributed by atoms with Gasteiger partial charge in [-0.15, -0.1) is 10.2 Å². The molecule has 1 amide bonds. The van der Waals surface area contributed by atoms with Gasteiger partial charge >= 0.3 is 0 Å². The van der Waals surface area contributed by atoms with Crippen molar-refractivity contribution in [3.63, 3.8) is 0 Å². The summed E-state index contributed by atoms with van der Waals surface area (Å²) >= 11 is 1.46. The average molecular weight is 479 g/mol. The minimum atomic E-state index is 0.0184. The van der Waals surface area contributed by atoms with E-state index in [0.29, 0.717) is 18.3 Å². The maximum Gasteiger partial charge on any atom is 0.233 e. The molecule has 1 aliphatic rings. The highest BCUT2D eigenvalue weighted by molar-refractivity contribution is 7.99. The number of aryl methyl sites for hydroxylation is 1. The third-order valence-corrected chi connectivity index (χ3v) is 7.37. The SMILES string of the molecule is CCc1ccc(OCc2nnc(SCC(=O)N3CCCC(C)C3)n2C(C)c2ccccc2)cc1. The summed E-state index contributed by atoms with van der Waals surface area (Å²) in [5.41, 5.74) is 2.44. The van der Waals surface area contributed by atoms with Gasteiger partial charge in [-0.3, -0.25) is 9.36 Å². The van der Waals surface area contributed by atoms with Crippen LogP contribution in [0.4, 0.5) is 0 Å². The zero-order chi connectivity index (χ0) is 23.9. The van der Waals surface area contributed by atoms with Gasteiger partial charge < -0.3 is 9.64 Å². The molecular formula is C27H34N4O2S. The molecule has 0 spiro atoms. The minimum absolute atomic E-state index is 0.0184. The molecule has 2 atom stereocenters. The van der Waals surface area contributed by atoms with Gasteiger partial charge in [-0.25, -0.2) is 0 Å². The number of carbonyl (C=O) groups excluding carboxylic acids is 1. The Labute approximate surface area is 206 Å². The number of ether oxygens (including phenoxy) is 1. The largest absolute Gasteiger partial charge is 0.486 e. The van der Waals surface area contributed by atoms with Crippen LogP contribution in [0.3, 0.4) is 0 Å². The third-order valence-electron chi connectivity index (χ3n) is 6.44. The van der Waals surface area contributed by atoms with Crippen molar-refractivity contribution in [1.29, 1.82) is 0 Å². The standard InChI is InChI=1S/C27H34N4O2S/c1-4-22-12-14-24(15-13-22)33-18-25-28-29-27(31(25)21(3)23-10-6-5-7-11-23)34-19-26(32)30-16-8-9-20(2)17-30/h5-7,10-15,20-21H,4,8-9,16-19H2,1-3H3. The Morgan fingerprint density at radius 1 is 1.15 bits per heavy atom. The van der Waals surface area contributed by atoms with Crippen molar-refractivity contribution in [3.8, 4) is 5.75 Å². The first-order valence-corrected chi connectivity index (χ1v) is 13.1. The molecule has 0 N–H and O–H groups in total. The predicted octanol–water partition coefficient (Wildman–Crippen LogP) is 5.38. The lowest BCUT2D eigenvalue weighted by Gasteiger charge is -2.30. The van der Waals surface area contributed by atoms with Crippen LogP contribution in [0, 0.1) is 5.92 Å². The molecule has 0 bridgehead atoms. The van der Waals surface area contributed by atoms with E-state index in [2.05, 4.69) is 59.8 Å². The maximum atomic E-state index is 12.9. The van der Waals surface area contributed by atoms with Gasteiger partial charge in [0.2, 0.25) is 5.91 Å². The highest BCUT2D eigenvalue weighted by Crippen LogP contribution is 2.28. The Balaban J connectivity index is 1.50. The summed E-state index contributed by atoms with van der Waals surface area (Å²) < 4.78 is 8.16. The Kier molecular flexibility index (Phi) is 8.27. The van der Waals surface area contributed by atoms with Gasteiger partial charge in [0, 0.05) is 13.1 Å². The van der Waals surface area contributed by atoms with E-state index in [9.17, 15) is 4.79 Å². The second kappa shape index (κ2) is 11.6. The summed E-state index contributed by atoms with van der Waals surface area (Å²) in [6.45, 7) is 8.51. The number of piperidine rings is 1. The molecule has 2 unspecified atom stereocenters. The fraction of sp³-hybridized carbons (Fsp3) is 0.444. The fourth-order valence-electron chi connectivity index (χ4n) is 4.38. The number of benzene rings is 2. The number of hydrogen-bond donors (Lipinski definition) is 0. The Bertz CT molecular complexity index is 1070. The summed E-state index contributed by atoms with van der Waals surface area (Å²) in [7, 11) is 0. The molecule has 1 saturated heterocycles. The van der Waals surface area contributed by atoms with Crippen molar-refractivity contribution in [3.05, 3.63) is 71.5 Å². The van der Waals surface area contributed by atoms with E-state index in [-0.39, 0.29) is 11.9 Å². The molecule has 0 saturated carbocycles. The molecule has 1 aromatic heterocycles. The van der Waals surface area contributed by atoms with E-state index >= 15 is 0 Å². The summed E-state index contributed by atoms with van der Waals surface area (Å²) in [4.78, 5) is 14.9. The van der Waals surface area contributed by atoms with Gasteiger partial charge in [-0.05, 0) is 55.4 Å². The molecule has 3 aromatic rings. The van der Waals surface area contributed by atoms with E-state index in [1.807, 2.05) is 35.2 Å². The van der Waals surface area contributed by atoms with Crippen molar-refractivity contribution >= 4 is 17.7 Å². The summed E-state index contributed by atoms with van der Waals surface area (Å²) in [6.07, 6.45) is 3.28. The lowest BCUT2D eigenvalue weighted by molar-refractivity contribution is -0.130. The van der Waals surface area contributed by atoms with Gasteiger partial charge in [0.1, 0.15) is 12.4 Å². The van der Waals surface area contributed by atoms with Gasteiger partial charge in [-0.2, -0.15) is 0 Å². The molecule has 1 aliphatic heterocycles. The molecule has 2 heterocycles. The highest BCUT2D eigenvalue weighted by atomic mass is 32.2. The molecule has 0 aliphatic carbocycles. The first-order chi connectivity index (χ1) is 16.5. The van der Waals surface area contributed by atoms with E-state index in [4.69, 9.17) is 4.74 Å². The molecule has 1 fully saturated rings. The molecule has 4 rings (SSSR count). The Morgan fingerprint density at radius 2 is 1.91 bits per heavy atom. The Morgan fingerprint density at radius 3 is 2.62 bits per heavy atom. The van der Waals surface area contributed by atoms with Gasteiger partial charge in [0.05, 0.1) is 11.8 Å². The van der Waals surface area contributed by atoms with Crippen molar-refractivity contribution < 1.29 is 9.53 Å². The molecule has 180 valence electrons. The van der Waals surface area contributed by atoms with Crippen LogP contribution in [-0.2, 0) is 17.8 Å². The first-order valence-electron chi connectivity index (χ1n) is 12.2. The van der Waals surface area contributed by atoms with Crippen molar-refractivity contribution in [2.75, 3.05) is 18.8 Å².